The third-order valence-electron chi connectivity index (χ3n) is 10.4. The van der Waals surface area contributed by atoms with Crippen molar-refractivity contribution < 1.29 is 0 Å². The topological polar surface area (TPSA) is 3.24 Å². The summed E-state index contributed by atoms with van der Waals surface area (Å²) in [6, 6.07) is 56.5. The highest BCUT2D eigenvalue weighted by Gasteiger charge is 2.35. The molecule has 10 rings (SSSR count). The van der Waals surface area contributed by atoms with Gasteiger partial charge in [-0.05, 0) is 85.6 Å². The van der Waals surface area contributed by atoms with Crippen LogP contribution in [0.4, 0.5) is 17.1 Å². The van der Waals surface area contributed by atoms with E-state index in [0.29, 0.717) is 0 Å². The first kappa shape index (κ1) is 26.7. The van der Waals surface area contributed by atoms with E-state index in [-0.39, 0.29) is 5.41 Å². The van der Waals surface area contributed by atoms with Crippen molar-refractivity contribution in [2.75, 3.05) is 4.90 Å². The highest BCUT2D eigenvalue weighted by molar-refractivity contribution is 7.25. The number of thiophene rings is 1. The lowest BCUT2D eigenvalue weighted by atomic mass is 9.82. The van der Waals surface area contributed by atoms with Crippen LogP contribution in [0.1, 0.15) is 25.0 Å². The Balaban J connectivity index is 1.30. The van der Waals surface area contributed by atoms with E-state index in [2.05, 4.69) is 170 Å². The zero-order valence-corrected chi connectivity index (χ0v) is 27.1. The van der Waals surface area contributed by atoms with Crippen LogP contribution in [-0.2, 0) is 5.41 Å². The number of nitrogens with zero attached hydrogens (tertiary/aromatic N) is 1. The lowest BCUT2D eigenvalue weighted by molar-refractivity contribution is 0.660. The fourth-order valence-corrected chi connectivity index (χ4v) is 9.29. The lowest BCUT2D eigenvalue weighted by Gasteiger charge is -2.29. The molecule has 0 saturated carbocycles. The molecule has 0 fully saturated rings. The number of benzene rings is 8. The summed E-state index contributed by atoms with van der Waals surface area (Å²) in [7, 11) is 0. The number of anilines is 3. The average molecular weight is 618 g/mol. The van der Waals surface area contributed by atoms with Gasteiger partial charge >= 0.3 is 0 Å². The Kier molecular flexibility index (Phi) is 5.57. The van der Waals surface area contributed by atoms with Gasteiger partial charge in [0, 0.05) is 42.3 Å². The number of rotatable bonds is 3. The van der Waals surface area contributed by atoms with Crippen LogP contribution < -0.4 is 4.90 Å². The van der Waals surface area contributed by atoms with Crippen LogP contribution in [0, 0.1) is 0 Å². The number of hydrogen-bond acceptors (Lipinski definition) is 2. The van der Waals surface area contributed by atoms with Crippen molar-refractivity contribution in [2.24, 2.45) is 0 Å². The second-order valence-corrected chi connectivity index (χ2v) is 14.4. The molecule has 1 aromatic heterocycles. The molecule has 2 heteroatoms. The summed E-state index contributed by atoms with van der Waals surface area (Å²) < 4.78 is 2.63. The van der Waals surface area contributed by atoms with Crippen LogP contribution in [0.5, 0.6) is 0 Å². The summed E-state index contributed by atoms with van der Waals surface area (Å²) >= 11 is 1.88. The molecular weight excluding hydrogens is 587 g/mol. The first-order valence-corrected chi connectivity index (χ1v) is 17.2. The standard InChI is InChI=1S/C45H31NS/c1-45(2)40-17-9-7-14-34(40)39-25-29(21-24-41(39)45)46(30-20-23-37-36-16-8-10-18-43(36)47-44(37)26-30)42-27-38-31-12-4-3-11-28(31)19-22-33(38)32-13-5-6-15-35(32)42/h3-27H,1-2H3. The largest absolute Gasteiger partial charge is 0.310 e. The van der Waals surface area contributed by atoms with Gasteiger partial charge in [-0.2, -0.15) is 0 Å². The van der Waals surface area contributed by atoms with Gasteiger partial charge in [-0.3, -0.25) is 0 Å². The summed E-state index contributed by atoms with van der Waals surface area (Å²) in [5.74, 6) is 0. The first-order chi connectivity index (χ1) is 23.1. The molecule has 8 aromatic carbocycles. The highest BCUT2D eigenvalue weighted by atomic mass is 32.1. The van der Waals surface area contributed by atoms with Crippen molar-refractivity contribution in [2.45, 2.75) is 19.3 Å². The molecule has 0 unspecified atom stereocenters. The normalized spacial score (nSPS) is 13.5. The Hall–Kier alpha value is -5.44. The minimum absolute atomic E-state index is 0.0418. The van der Waals surface area contributed by atoms with Crippen molar-refractivity contribution >= 4 is 80.9 Å². The molecule has 0 bridgehead atoms. The Labute approximate surface area is 278 Å². The van der Waals surface area contributed by atoms with Crippen LogP contribution in [-0.4, -0.2) is 0 Å². The first-order valence-electron chi connectivity index (χ1n) is 16.4. The molecular formula is C45H31NS. The Morgan fingerprint density at radius 2 is 1.04 bits per heavy atom. The van der Waals surface area contributed by atoms with Crippen LogP contribution in [0.2, 0.25) is 0 Å². The minimum Gasteiger partial charge on any atom is -0.310 e. The van der Waals surface area contributed by atoms with E-state index in [9.17, 15) is 0 Å². The van der Waals surface area contributed by atoms with Gasteiger partial charge in [0.25, 0.3) is 0 Å². The molecule has 0 atom stereocenters. The van der Waals surface area contributed by atoms with E-state index in [1.165, 1.54) is 91.8 Å². The second-order valence-electron chi connectivity index (χ2n) is 13.3. The van der Waals surface area contributed by atoms with Crippen molar-refractivity contribution in [1.82, 2.24) is 0 Å². The smallest absolute Gasteiger partial charge is 0.0546 e. The van der Waals surface area contributed by atoms with Gasteiger partial charge in [0.05, 0.1) is 5.69 Å². The Bertz CT molecular complexity index is 2730. The molecule has 1 nitrogen and oxygen atoms in total. The van der Waals surface area contributed by atoms with E-state index < -0.39 is 0 Å². The Morgan fingerprint density at radius 3 is 1.94 bits per heavy atom. The van der Waals surface area contributed by atoms with Gasteiger partial charge in [0.2, 0.25) is 0 Å². The van der Waals surface area contributed by atoms with Crippen LogP contribution in [0.15, 0.2) is 152 Å². The maximum Gasteiger partial charge on any atom is 0.0546 e. The van der Waals surface area contributed by atoms with Gasteiger partial charge in [0.1, 0.15) is 0 Å². The zero-order chi connectivity index (χ0) is 31.3. The van der Waals surface area contributed by atoms with E-state index in [0.717, 1.165) is 0 Å². The summed E-state index contributed by atoms with van der Waals surface area (Å²) in [5, 5.41) is 10.2. The fourth-order valence-electron chi connectivity index (χ4n) is 8.15. The van der Waals surface area contributed by atoms with Gasteiger partial charge in [0.15, 0.2) is 0 Å². The van der Waals surface area contributed by atoms with Crippen molar-refractivity contribution in [3.8, 4) is 11.1 Å². The Morgan fingerprint density at radius 1 is 0.426 bits per heavy atom. The van der Waals surface area contributed by atoms with Crippen molar-refractivity contribution in [1.29, 1.82) is 0 Å². The molecule has 1 aliphatic rings. The van der Waals surface area contributed by atoms with Crippen LogP contribution in [0.25, 0.3) is 63.6 Å². The summed E-state index contributed by atoms with van der Waals surface area (Å²) in [6.45, 7) is 4.71. The summed E-state index contributed by atoms with van der Waals surface area (Å²) in [4.78, 5) is 2.50. The fraction of sp³-hybridized carbons (Fsp3) is 0.0667. The molecule has 1 heterocycles. The minimum atomic E-state index is -0.0418. The van der Waals surface area contributed by atoms with E-state index in [1.54, 1.807) is 0 Å². The predicted octanol–water partition coefficient (Wildman–Crippen LogP) is 13.3. The molecule has 0 radical (unpaired) electrons. The molecule has 0 spiro atoms. The zero-order valence-electron chi connectivity index (χ0n) is 26.3. The van der Waals surface area contributed by atoms with Gasteiger partial charge in [-0.1, -0.05) is 129 Å². The van der Waals surface area contributed by atoms with E-state index >= 15 is 0 Å². The van der Waals surface area contributed by atoms with E-state index in [1.807, 2.05) is 11.3 Å². The van der Waals surface area contributed by atoms with Crippen molar-refractivity contribution in [3.05, 3.63) is 163 Å². The summed E-state index contributed by atoms with van der Waals surface area (Å²) in [6.07, 6.45) is 0. The molecule has 0 N–H and O–H groups in total. The molecule has 1 aliphatic carbocycles. The molecule has 0 saturated heterocycles. The predicted molar refractivity (Wildman–Crippen MR) is 204 cm³/mol. The third-order valence-corrected chi connectivity index (χ3v) is 11.6. The second kappa shape index (κ2) is 9.78. The van der Waals surface area contributed by atoms with Gasteiger partial charge in [-0.25, -0.2) is 0 Å². The maximum absolute atomic E-state index is 2.50. The van der Waals surface area contributed by atoms with Crippen LogP contribution in [0.3, 0.4) is 0 Å². The quantitative estimate of drug-likeness (QED) is 0.178. The van der Waals surface area contributed by atoms with Crippen molar-refractivity contribution in [3.63, 3.8) is 0 Å². The molecule has 0 aliphatic heterocycles. The summed E-state index contributed by atoms with van der Waals surface area (Å²) in [5.41, 5.74) is 8.93. The maximum atomic E-state index is 2.50. The number of hydrogen-bond donors (Lipinski definition) is 0. The molecule has 47 heavy (non-hydrogen) atoms. The molecule has 222 valence electrons. The average Bonchev–Trinajstić information content (AvgIpc) is 3.60. The van der Waals surface area contributed by atoms with Gasteiger partial charge < -0.3 is 4.90 Å². The third kappa shape index (κ3) is 3.83. The SMILES string of the molecule is CC1(C)c2ccccc2-c2cc(N(c3ccc4c(c3)sc3ccccc34)c3cc4c5ccccc5ccc4c4ccccc34)ccc21. The number of fused-ring (bicyclic) bond motifs is 11. The molecule has 0 amide bonds. The lowest BCUT2D eigenvalue weighted by Crippen LogP contribution is -2.15. The van der Waals surface area contributed by atoms with Gasteiger partial charge in [-0.15, -0.1) is 11.3 Å². The monoisotopic (exact) mass is 617 g/mol. The molecule has 9 aromatic rings. The van der Waals surface area contributed by atoms with Crippen LogP contribution >= 0.6 is 11.3 Å². The van der Waals surface area contributed by atoms with E-state index in [4.69, 9.17) is 0 Å². The highest BCUT2D eigenvalue weighted by Crippen LogP contribution is 2.52.